The number of fused-ring (bicyclic) bond motifs is 10. The van der Waals surface area contributed by atoms with Gasteiger partial charge in [-0.3, -0.25) is 0 Å². The van der Waals surface area contributed by atoms with Gasteiger partial charge in [0.25, 0.3) is 0 Å². The van der Waals surface area contributed by atoms with Crippen molar-refractivity contribution in [3.05, 3.63) is 113 Å². The Morgan fingerprint density at radius 1 is 0.373 bits per heavy atom. The van der Waals surface area contributed by atoms with E-state index in [1.807, 2.05) is 0 Å². The van der Waals surface area contributed by atoms with Crippen molar-refractivity contribution in [1.29, 1.82) is 0 Å². The third-order valence-corrected chi connectivity index (χ3v) is 15.3. The second kappa shape index (κ2) is 8.95. The van der Waals surface area contributed by atoms with Gasteiger partial charge in [-0.2, -0.15) is 0 Å². The molecule has 240 valence electrons. The van der Waals surface area contributed by atoms with Crippen LogP contribution >= 0.6 is 0 Å². The van der Waals surface area contributed by atoms with E-state index < -0.39 is 8.07 Å². The largest absolute Gasteiger partial charge is 0.244 e. The predicted molar refractivity (Wildman–Crippen MR) is 228 cm³/mol. The van der Waals surface area contributed by atoms with E-state index in [-0.39, 0.29) is 13.4 Å². The Hall–Kier alpha value is -4.85. The van der Waals surface area contributed by atoms with Crippen LogP contribution in [0.2, 0.25) is 19.6 Å². The smallest absolute Gasteiger partial charge is 0.0661 e. The summed E-state index contributed by atoms with van der Waals surface area (Å²) in [6.07, 6.45) is 0. The van der Waals surface area contributed by atoms with Crippen molar-refractivity contribution in [3.8, 4) is 44.5 Å². The molecule has 8 aromatic carbocycles. The molecule has 4 heterocycles. The highest BCUT2D eigenvalue weighted by atomic mass is 28.3. The molecular formula is C48H38B2Si. The lowest BCUT2D eigenvalue weighted by atomic mass is 9.34. The highest BCUT2D eigenvalue weighted by Gasteiger charge is 2.45. The maximum atomic E-state index is 2.70. The molecule has 4 aliphatic heterocycles. The van der Waals surface area contributed by atoms with Crippen LogP contribution in [-0.4, -0.2) is 21.5 Å². The van der Waals surface area contributed by atoms with E-state index >= 15 is 0 Å². The van der Waals surface area contributed by atoms with Crippen molar-refractivity contribution in [2.24, 2.45) is 0 Å². The van der Waals surface area contributed by atoms with Crippen LogP contribution < -0.4 is 38.0 Å². The molecule has 8 aromatic rings. The van der Waals surface area contributed by atoms with Gasteiger partial charge in [-0.25, -0.2) is 0 Å². The van der Waals surface area contributed by atoms with Crippen molar-refractivity contribution >= 4 is 91.8 Å². The summed E-state index contributed by atoms with van der Waals surface area (Å²) >= 11 is 0. The van der Waals surface area contributed by atoms with E-state index in [2.05, 4.69) is 139 Å². The first kappa shape index (κ1) is 28.8. The highest BCUT2D eigenvalue weighted by Crippen LogP contribution is 2.47. The summed E-state index contributed by atoms with van der Waals surface area (Å²) < 4.78 is 0. The van der Waals surface area contributed by atoms with Crippen LogP contribution in [0.25, 0.3) is 76.8 Å². The Kier molecular flexibility index (Phi) is 5.05. The van der Waals surface area contributed by atoms with Gasteiger partial charge in [0.05, 0.1) is 8.07 Å². The number of rotatable bonds is 1. The van der Waals surface area contributed by atoms with Crippen molar-refractivity contribution in [1.82, 2.24) is 0 Å². The quantitative estimate of drug-likeness (QED) is 0.125. The van der Waals surface area contributed by atoms with E-state index in [1.165, 1.54) is 137 Å². The van der Waals surface area contributed by atoms with Gasteiger partial charge >= 0.3 is 0 Å². The Labute approximate surface area is 302 Å². The molecule has 0 unspecified atom stereocenters. The van der Waals surface area contributed by atoms with Gasteiger partial charge in [0.1, 0.15) is 0 Å². The predicted octanol–water partition coefficient (Wildman–Crippen LogP) is 7.63. The van der Waals surface area contributed by atoms with Crippen LogP contribution in [0.15, 0.2) is 84.9 Å². The minimum absolute atomic E-state index is 0.255. The van der Waals surface area contributed by atoms with Crippen LogP contribution in [0.4, 0.5) is 0 Å². The van der Waals surface area contributed by atoms with Gasteiger partial charge in [0, 0.05) is 0 Å². The van der Waals surface area contributed by atoms with E-state index in [0.29, 0.717) is 0 Å². The zero-order valence-electron chi connectivity index (χ0n) is 30.7. The molecular weight excluding hydrogens is 626 g/mol. The van der Waals surface area contributed by atoms with Crippen LogP contribution in [-0.2, 0) is 0 Å². The van der Waals surface area contributed by atoms with Gasteiger partial charge in [0.2, 0.25) is 13.4 Å². The molecule has 0 bridgehead atoms. The zero-order chi connectivity index (χ0) is 34.6. The van der Waals surface area contributed by atoms with E-state index in [9.17, 15) is 0 Å². The van der Waals surface area contributed by atoms with Gasteiger partial charge in [-0.15, -0.1) is 0 Å². The number of benzene rings is 8. The normalized spacial score (nSPS) is 14.2. The molecule has 0 radical (unpaired) electrons. The summed E-state index contributed by atoms with van der Waals surface area (Å²) in [6, 6.07) is 34.9. The average molecular weight is 665 g/mol. The summed E-state index contributed by atoms with van der Waals surface area (Å²) in [5.41, 5.74) is 27.4. The first-order valence-electron chi connectivity index (χ1n) is 18.8. The van der Waals surface area contributed by atoms with Gasteiger partial charge in [-0.05, 0) is 128 Å². The molecule has 0 spiro atoms. The number of hydrogen-bond acceptors (Lipinski definition) is 0. The van der Waals surface area contributed by atoms with Crippen LogP contribution in [0.5, 0.6) is 0 Å². The van der Waals surface area contributed by atoms with Crippen molar-refractivity contribution < 1.29 is 0 Å². The van der Waals surface area contributed by atoms with Crippen molar-refractivity contribution in [3.63, 3.8) is 0 Å². The molecule has 4 aliphatic rings. The fourth-order valence-electron chi connectivity index (χ4n) is 11.3. The van der Waals surface area contributed by atoms with Gasteiger partial charge < -0.3 is 0 Å². The van der Waals surface area contributed by atoms with Gasteiger partial charge in [-0.1, -0.05) is 154 Å². The number of hydrogen-bond donors (Lipinski definition) is 0. The Morgan fingerprint density at radius 3 is 1.31 bits per heavy atom. The first-order valence-corrected chi connectivity index (χ1v) is 22.3. The lowest BCUT2D eigenvalue weighted by molar-refractivity contribution is 1.46. The topological polar surface area (TPSA) is 0 Å². The van der Waals surface area contributed by atoms with Crippen LogP contribution in [0, 0.1) is 34.6 Å². The Morgan fingerprint density at radius 2 is 0.804 bits per heavy atom. The molecule has 0 atom stereocenters. The molecule has 0 aliphatic carbocycles. The molecule has 0 fully saturated rings. The summed E-state index contributed by atoms with van der Waals surface area (Å²) in [7, 11) is -1.81. The maximum Gasteiger partial charge on any atom is 0.244 e. The summed E-state index contributed by atoms with van der Waals surface area (Å²) in [5, 5.41) is 10.6. The lowest BCUT2D eigenvalue weighted by Gasteiger charge is -2.34. The first-order chi connectivity index (χ1) is 24.5. The Bertz CT molecular complexity index is 3000. The van der Waals surface area contributed by atoms with E-state index in [4.69, 9.17) is 0 Å². The second-order valence-corrected chi connectivity index (χ2v) is 22.6. The molecule has 0 saturated heterocycles. The zero-order valence-corrected chi connectivity index (χ0v) is 31.7. The van der Waals surface area contributed by atoms with Gasteiger partial charge in [0.15, 0.2) is 0 Å². The third kappa shape index (κ3) is 3.32. The molecule has 0 aromatic heterocycles. The van der Waals surface area contributed by atoms with E-state index in [1.54, 1.807) is 5.19 Å². The summed E-state index contributed by atoms with van der Waals surface area (Å²) in [6.45, 7) is 19.6. The third-order valence-electron chi connectivity index (χ3n) is 13.2. The average Bonchev–Trinajstić information content (AvgIpc) is 3.57. The minimum atomic E-state index is -1.81. The number of aryl methyl sites for hydroxylation is 5. The molecule has 0 N–H and O–H groups in total. The molecule has 51 heavy (non-hydrogen) atoms. The van der Waals surface area contributed by atoms with Crippen LogP contribution in [0.1, 0.15) is 27.8 Å². The van der Waals surface area contributed by atoms with E-state index in [0.717, 1.165) is 0 Å². The molecule has 0 nitrogen and oxygen atoms in total. The molecule has 0 saturated carbocycles. The lowest BCUT2D eigenvalue weighted by Crippen LogP contribution is -2.53. The standard InChI is InChI=1S/C48H38B2Si/c1-23-9-11-38-30(14-23)34-16-26(4)18-36-32-22-42(51(6,7)8)37-21-41-43-31(19-27(5)28-20-40(49(38)48(34)36)44(32)46(37)45(28)43)35-17-25(3)15-33-29-13-24(2)10-12-39(29)50(41)47(33)35/h9-22H,1-8H3. The van der Waals surface area contributed by atoms with Crippen LogP contribution in [0.3, 0.4) is 0 Å². The molecule has 3 heteroatoms. The fraction of sp³-hybridized carbons (Fsp3) is 0.167. The fourth-order valence-corrected chi connectivity index (χ4v) is 12.9. The Balaban J connectivity index is 1.33. The monoisotopic (exact) mass is 664 g/mol. The summed E-state index contributed by atoms with van der Waals surface area (Å²) in [5.74, 6) is 0. The summed E-state index contributed by atoms with van der Waals surface area (Å²) in [4.78, 5) is 0. The molecule has 0 amide bonds. The molecule has 12 rings (SSSR count). The minimum Gasteiger partial charge on any atom is -0.0661 e. The SMILES string of the molecule is Cc1ccc2c(c1)-c1cc(C)cc3c1B2c1cc2c([Si](C)(C)C)cc4c5c(cc6c(C)cc-3c1c6c25)B1c2ccc(C)cc2-c2cc(C)cc-4c21. The maximum absolute atomic E-state index is 2.70. The highest BCUT2D eigenvalue weighted by molar-refractivity contribution is 7.03. The second-order valence-electron chi connectivity index (χ2n) is 17.6. The van der Waals surface area contributed by atoms with Crippen molar-refractivity contribution in [2.45, 2.75) is 54.3 Å². The van der Waals surface area contributed by atoms with Crippen molar-refractivity contribution in [2.75, 3.05) is 0 Å².